The molecule has 0 bridgehead atoms. The molecule has 6 nitrogen and oxygen atoms in total. The normalized spacial score (nSPS) is 10.9. The third-order valence-corrected chi connectivity index (χ3v) is 4.03. The van der Waals surface area contributed by atoms with E-state index < -0.39 is 25.1 Å². The van der Waals surface area contributed by atoms with Gasteiger partial charge in [-0.1, -0.05) is 12.1 Å². The Morgan fingerprint density at radius 3 is 2.50 bits per heavy atom. The van der Waals surface area contributed by atoms with Crippen LogP contribution in [-0.4, -0.2) is 31.7 Å². The quantitative estimate of drug-likeness (QED) is 0.479. The molecule has 0 aromatic heterocycles. The Bertz CT molecular complexity index is 928. The number of hydrogen-bond donors (Lipinski definition) is 1. The first-order valence-corrected chi connectivity index (χ1v) is 9.22. The lowest BCUT2D eigenvalue weighted by Gasteiger charge is -2.11. The first kappa shape index (κ1) is 22.9. The summed E-state index contributed by atoms with van der Waals surface area (Å²) in [7, 11) is 0. The number of aryl methyl sites for hydroxylation is 2. The molecule has 0 aliphatic rings. The van der Waals surface area contributed by atoms with Crippen LogP contribution in [-0.2, 0) is 14.3 Å². The second-order valence-corrected chi connectivity index (χ2v) is 6.31. The number of carbonyl (C=O) groups is 2. The van der Waals surface area contributed by atoms with Crippen LogP contribution in [0.2, 0.25) is 0 Å². The van der Waals surface area contributed by atoms with E-state index >= 15 is 0 Å². The van der Waals surface area contributed by atoms with E-state index in [0.29, 0.717) is 11.3 Å². The minimum Gasteiger partial charge on any atom is -0.490 e. The fourth-order valence-electron chi connectivity index (χ4n) is 2.46. The fourth-order valence-corrected chi connectivity index (χ4v) is 2.46. The van der Waals surface area contributed by atoms with Gasteiger partial charge in [0.25, 0.3) is 5.91 Å². The number of rotatable bonds is 9. The lowest BCUT2D eigenvalue weighted by Crippen LogP contribution is -2.20. The number of amides is 1. The van der Waals surface area contributed by atoms with Crippen LogP contribution >= 0.6 is 0 Å². The summed E-state index contributed by atoms with van der Waals surface area (Å²) in [6.07, 6.45) is 2.54. The van der Waals surface area contributed by atoms with E-state index in [1.165, 1.54) is 24.3 Å². The number of carbonyl (C=O) groups excluding carboxylic acids is 2. The maximum Gasteiger partial charge on any atom is 0.387 e. The summed E-state index contributed by atoms with van der Waals surface area (Å²) in [6, 6.07) is 9.73. The number of alkyl halides is 2. The Balaban J connectivity index is 1.91. The summed E-state index contributed by atoms with van der Waals surface area (Å²) in [6.45, 7) is 2.43. The molecular weight excluding hydrogens is 396 g/mol. The van der Waals surface area contributed by atoms with Crippen molar-refractivity contribution in [2.45, 2.75) is 27.4 Å². The summed E-state index contributed by atoms with van der Waals surface area (Å²) in [5, 5.41) is 2.65. The van der Waals surface area contributed by atoms with Crippen LogP contribution < -0.4 is 14.8 Å². The van der Waals surface area contributed by atoms with Crippen molar-refractivity contribution >= 4 is 23.6 Å². The molecular formula is C22H23F2NO5. The number of anilines is 1. The zero-order chi connectivity index (χ0) is 22.1. The number of halogens is 2. The first-order chi connectivity index (χ1) is 14.3. The zero-order valence-electron chi connectivity index (χ0n) is 16.9. The van der Waals surface area contributed by atoms with E-state index in [0.717, 1.165) is 17.2 Å². The highest BCUT2D eigenvalue weighted by molar-refractivity contribution is 5.94. The van der Waals surface area contributed by atoms with Crippen molar-refractivity contribution in [2.24, 2.45) is 0 Å². The predicted octanol–water partition coefficient (Wildman–Crippen LogP) is 4.50. The topological polar surface area (TPSA) is 73.9 Å². The van der Waals surface area contributed by atoms with E-state index in [-0.39, 0.29) is 18.1 Å². The molecule has 1 amide bonds. The number of ether oxygens (including phenoxy) is 3. The summed E-state index contributed by atoms with van der Waals surface area (Å²) in [4.78, 5) is 23.8. The molecule has 0 radical (unpaired) electrons. The van der Waals surface area contributed by atoms with E-state index in [1.54, 1.807) is 13.0 Å². The molecule has 8 heteroatoms. The lowest BCUT2D eigenvalue weighted by atomic mass is 10.1. The number of nitrogens with one attached hydrogen (secondary N) is 1. The Hall–Kier alpha value is -3.42. The van der Waals surface area contributed by atoms with Crippen molar-refractivity contribution in [3.8, 4) is 11.5 Å². The van der Waals surface area contributed by atoms with E-state index in [2.05, 4.69) is 10.1 Å². The third-order valence-electron chi connectivity index (χ3n) is 4.03. The minimum absolute atomic E-state index is 0.102. The van der Waals surface area contributed by atoms with Gasteiger partial charge in [-0.3, -0.25) is 4.79 Å². The molecule has 0 saturated carbocycles. The van der Waals surface area contributed by atoms with Gasteiger partial charge in [-0.15, -0.1) is 0 Å². The summed E-state index contributed by atoms with van der Waals surface area (Å²) in [5.74, 6) is -1.17. The summed E-state index contributed by atoms with van der Waals surface area (Å²) < 4.78 is 39.4. The molecule has 0 saturated heterocycles. The van der Waals surface area contributed by atoms with Crippen molar-refractivity contribution in [3.63, 3.8) is 0 Å². The maximum absolute atomic E-state index is 12.4. The van der Waals surface area contributed by atoms with Crippen LogP contribution in [0.25, 0.3) is 6.08 Å². The van der Waals surface area contributed by atoms with Crippen LogP contribution in [0.1, 0.15) is 23.6 Å². The third kappa shape index (κ3) is 7.20. The van der Waals surface area contributed by atoms with E-state index in [9.17, 15) is 18.4 Å². The Morgan fingerprint density at radius 1 is 1.07 bits per heavy atom. The molecule has 0 unspecified atom stereocenters. The van der Waals surface area contributed by atoms with Crippen LogP contribution in [0.15, 0.2) is 42.5 Å². The zero-order valence-corrected chi connectivity index (χ0v) is 16.9. The van der Waals surface area contributed by atoms with E-state index in [1.807, 2.05) is 26.0 Å². The maximum atomic E-state index is 12.4. The monoisotopic (exact) mass is 419 g/mol. The van der Waals surface area contributed by atoms with Crippen LogP contribution in [0.4, 0.5) is 14.5 Å². The highest BCUT2D eigenvalue weighted by Gasteiger charge is 2.11. The molecule has 0 spiro atoms. The van der Waals surface area contributed by atoms with Crippen molar-refractivity contribution in [1.29, 1.82) is 0 Å². The molecule has 2 aromatic rings. The smallest absolute Gasteiger partial charge is 0.387 e. The number of esters is 1. The van der Waals surface area contributed by atoms with Crippen molar-refractivity contribution < 1.29 is 32.6 Å². The Morgan fingerprint density at radius 2 is 1.83 bits per heavy atom. The Labute approximate surface area is 173 Å². The standard InChI is InChI=1S/C22H23F2NO5/c1-4-28-19-12-16(6-9-18(19)30-22(23)24)7-10-21(27)29-13-20(26)25-17-8-5-14(2)15(3)11-17/h5-12,22H,4,13H2,1-3H3,(H,25,26)/b10-7+. The second-order valence-electron chi connectivity index (χ2n) is 6.31. The molecule has 1 N–H and O–H groups in total. The molecule has 0 fully saturated rings. The van der Waals surface area contributed by atoms with Gasteiger partial charge in [-0.2, -0.15) is 8.78 Å². The van der Waals surface area contributed by atoms with Crippen molar-refractivity contribution in [2.75, 3.05) is 18.5 Å². The minimum atomic E-state index is -2.98. The number of benzene rings is 2. The molecule has 0 heterocycles. The van der Waals surface area contributed by atoms with Gasteiger partial charge >= 0.3 is 12.6 Å². The summed E-state index contributed by atoms with van der Waals surface area (Å²) in [5.41, 5.74) is 3.26. The number of hydrogen-bond acceptors (Lipinski definition) is 5. The van der Waals surface area contributed by atoms with Crippen molar-refractivity contribution in [3.05, 3.63) is 59.2 Å². The first-order valence-electron chi connectivity index (χ1n) is 9.22. The van der Waals surface area contributed by atoms with Gasteiger partial charge in [0.05, 0.1) is 6.61 Å². The molecule has 160 valence electrons. The summed E-state index contributed by atoms with van der Waals surface area (Å²) >= 11 is 0. The second kappa shape index (κ2) is 10.9. The SMILES string of the molecule is CCOc1cc(/C=C/C(=O)OCC(=O)Nc2ccc(C)c(C)c2)ccc1OC(F)F. The van der Waals surface area contributed by atoms with Crippen LogP contribution in [0.5, 0.6) is 11.5 Å². The largest absolute Gasteiger partial charge is 0.490 e. The van der Waals surface area contributed by atoms with Gasteiger partial charge in [0.1, 0.15) is 0 Å². The van der Waals surface area contributed by atoms with Crippen LogP contribution in [0.3, 0.4) is 0 Å². The average molecular weight is 419 g/mol. The van der Waals surface area contributed by atoms with Gasteiger partial charge < -0.3 is 19.5 Å². The van der Waals surface area contributed by atoms with Gasteiger partial charge in [0, 0.05) is 11.8 Å². The Kier molecular flexibility index (Phi) is 8.34. The highest BCUT2D eigenvalue weighted by atomic mass is 19.3. The fraction of sp³-hybridized carbons (Fsp3) is 0.273. The molecule has 0 atom stereocenters. The molecule has 0 aliphatic carbocycles. The molecule has 2 rings (SSSR count). The average Bonchev–Trinajstić information content (AvgIpc) is 2.69. The van der Waals surface area contributed by atoms with Gasteiger partial charge in [-0.25, -0.2) is 4.79 Å². The van der Waals surface area contributed by atoms with Gasteiger partial charge in [0.15, 0.2) is 18.1 Å². The van der Waals surface area contributed by atoms with Crippen molar-refractivity contribution in [1.82, 2.24) is 0 Å². The highest BCUT2D eigenvalue weighted by Crippen LogP contribution is 2.30. The van der Waals surface area contributed by atoms with E-state index in [4.69, 9.17) is 9.47 Å². The molecule has 2 aromatic carbocycles. The van der Waals surface area contributed by atoms with Gasteiger partial charge in [0.2, 0.25) is 0 Å². The predicted molar refractivity (Wildman–Crippen MR) is 109 cm³/mol. The lowest BCUT2D eigenvalue weighted by molar-refractivity contribution is -0.142. The van der Waals surface area contributed by atoms with Crippen LogP contribution in [0, 0.1) is 13.8 Å². The van der Waals surface area contributed by atoms with Gasteiger partial charge in [-0.05, 0) is 67.8 Å². The molecule has 0 aliphatic heterocycles. The molecule has 30 heavy (non-hydrogen) atoms.